The number of ketones is 2. The third-order valence-electron chi connectivity index (χ3n) is 3.25. The highest BCUT2D eigenvalue weighted by atomic mass is 16.2. The van der Waals surface area contributed by atoms with E-state index in [0.717, 1.165) is 0 Å². The largest absolute Gasteiger partial charge is 0.370 e. The van der Waals surface area contributed by atoms with Crippen LogP contribution in [0, 0.1) is 0 Å². The maximum atomic E-state index is 11.8. The molecule has 0 aliphatic heterocycles. The fourth-order valence-electron chi connectivity index (χ4n) is 1.94. The fraction of sp³-hybridized carbons (Fsp3) is 0.750. The highest BCUT2D eigenvalue weighted by Crippen LogP contribution is 2.04. The summed E-state index contributed by atoms with van der Waals surface area (Å²) in [6, 6.07) is -1.07. The van der Waals surface area contributed by atoms with E-state index in [-0.39, 0.29) is 49.2 Å². The maximum Gasteiger partial charge on any atom is 0.220 e. The summed E-state index contributed by atoms with van der Waals surface area (Å²) in [6.07, 6.45) is 1.02. The SMILES string of the molecule is CC.CCC(=O)C(CCC(N)=O)NC(=O)CCC(NC)C(C)=O. The first-order valence-electron chi connectivity index (χ1n) is 8.09. The van der Waals surface area contributed by atoms with Gasteiger partial charge in [0.1, 0.15) is 5.78 Å². The Morgan fingerprint density at radius 3 is 1.91 bits per heavy atom. The Morgan fingerprint density at radius 1 is 1.00 bits per heavy atom. The van der Waals surface area contributed by atoms with Gasteiger partial charge in [-0.25, -0.2) is 0 Å². The predicted molar refractivity (Wildman–Crippen MR) is 89.8 cm³/mol. The Hall–Kier alpha value is -1.76. The summed E-state index contributed by atoms with van der Waals surface area (Å²) in [7, 11) is 1.65. The van der Waals surface area contributed by atoms with Crippen LogP contribution in [-0.4, -0.2) is 42.5 Å². The molecule has 0 aliphatic rings. The first kappa shape index (κ1) is 23.5. The van der Waals surface area contributed by atoms with Gasteiger partial charge in [-0.1, -0.05) is 20.8 Å². The van der Waals surface area contributed by atoms with Crippen LogP contribution < -0.4 is 16.4 Å². The topological polar surface area (TPSA) is 118 Å². The van der Waals surface area contributed by atoms with Crippen molar-refractivity contribution in [1.82, 2.24) is 10.6 Å². The quantitative estimate of drug-likeness (QED) is 0.515. The molecule has 0 heterocycles. The summed E-state index contributed by atoms with van der Waals surface area (Å²) in [5.41, 5.74) is 5.05. The number of carbonyl (C=O) groups is 4. The lowest BCUT2D eigenvalue weighted by atomic mass is 10.0. The number of hydrogen-bond donors (Lipinski definition) is 3. The molecule has 0 aromatic rings. The number of amides is 2. The fourth-order valence-corrected chi connectivity index (χ4v) is 1.94. The lowest BCUT2D eigenvalue weighted by Gasteiger charge is -2.17. The summed E-state index contributed by atoms with van der Waals surface area (Å²) in [4.78, 5) is 45.6. The maximum absolute atomic E-state index is 11.8. The van der Waals surface area contributed by atoms with Crippen molar-refractivity contribution in [2.24, 2.45) is 5.73 Å². The van der Waals surface area contributed by atoms with E-state index in [4.69, 9.17) is 5.73 Å². The third-order valence-corrected chi connectivity index (χ3v) is 3.25. The van der Waals surface area contributed by atoms with Gasteiger partial charge in [0.25, 0.3) is 0 Å². The first-order valence-corrected chi connectivity index (χ1v) is 8.09. The molecule has 7 nitrogen and oxygen atoms in total. The van der Waals surface area contributed by atoms with Crippen molar-refractivity contribution < 1.29 is 19.2 Å². The van der Waals surface area contributed by atoms with E-state index in [1.165, 1.54) is 6.92 Å². The zero-order valence-electron chi connectivity index (χ0n) is 14.9. The van der Waals surface area contributed by atoms with Crippen molar-refractivity contribution in [2.75, 3.05) is 7.05 Å². The van der Waals surface area contributed by atoms with Gasteiger partial charge in [-0.2, -0.15) is 0 Å². The Bertz CT molecular complexity index is 397. The molecule has 0 aromatic carbocycles. The minimum Gasteiger partial charge on any atom is -0.370 e. The lowest BCUT2D eigenvalue weighted by Crippen LogP contribution is -2.42. The molecule has 0 saturated heterocycles. The standard InChI is InChI=1S/C14H25N3O4.C2H6/c1-4-12(19)11(5-7-13(15)20)17-14(21)8-6-10(16-3)9(2)18;1-2/h10-11,16H,4-8H2,1-3H3,(H2,15,20)(H,17,21);1-2H3. The molecule has 2 amide bonds. The van der Waals surface area contributed by atoms with E-state index >= 15 is 0 Å². The molecule has 0 aromatic heterocycles. The smallest absolute Gasteiger partial charge is 0.220 e. The van der Waals surface area contributed by atoms with Crippen LogP contribution in [0.4, 0.5) is 0 Å². The highest BCUT2D eigenvalue weighted by Gasteiger charge is 2.21. The van der Waals surface area contributed by atoms with Gasteiger partial charge in [0.15, 0.2) is 5.78 Å². The molecular weight excluding hydrogens is 298 g/mol. The van der Waals surface area contributed by atoms with Gasteiger partial charge in [0, 0.05) is 19.3 Å². The van der Waals surface area contributed by atoms with Crippen LogP contribution in [0.1, 0.15) is 59.8 Å². The number of hydrogen-bond acceptors (Lipinski definition) is 5. The Balaban J connectivity index is 0. The van der Waals surface area contributed by atoms with Crippen molar-refractivity contribution in [3.8, 4) is 0 Å². The van der Waals surface area contributed by atoms with Gasteiger partial charge in [0.05, 0.1) is 12.1 Å². The second-order valence-electron chi connectivity index (χ2n) is 4.94. The van der Waals surface area contributed by atoms with E-state index in [1.807, 2.05) is 13.8 Å². The first-order chi connectivity index (χ1) is 10.8. The number of Topliss-reactive ketones (excluding diaryl/α,β-unsaturated/α-hetero) is 2. The summed E-state index contributed by atoms with van der Waals surface area (Å²) in [5, 5.41) is 5.43. The van der Waals surface area contributed by atoms with Crippen molar-refractivity contribution >= 4 is 23.4 Å². The van der Waals surface area contributed by atoms with Crippen molar-refractivity contribution in [3.05, 3.63) is 0 Å². The molecule has 0 saturated carbocycles. The average molecular weight is 329 g/mol. The molecule has 2 unspecified atom stereocenters. The average Bonchev–Trinajstić information content (AvgIpc) is 2.52. The Kier molecular flexibility index (Phi) is 14.2. The molecule has 0 rings (SSSR count). The zero-order valence-corrected chi connectivity index (χ0v) is 14.9. The molecule has 0 fully saturated rings. The van der Waals surface area contributed by atoms with Crippen LogP contribution in [0.2, 0.25) is 0 Å². The molecule has 23 heavy (non-hydrogen) atoms. The molecule has 2 atom stereocenters. The zero-order chi connectivity index (χ0) is 18.4. The lowest BCUT2D eigenvalue weighted by molar-refractivity contribution is -0.128. The van der Waals surface area contributed by atoms with E-state index < -0.39 is 11.9 Å². The van der Waals surface area contributed by atoms with Crippen LogP contribution in [0.5, 0.6) is 0 Å². The van der Waals surface area contributed by atoms with Crippen LogP contribution in [0.25, 0.3) is 0 Å². The van der Waals surface area contributed by atoms with Crippen molar-refractivity contribution in [2.45, 2.75) is 71.9 Å². The molecule has 4 N–H and O–H groups in total. The van der Waals surface area contributed by atoms with Crippen LogP contribution >= 0.6 is 0 Å². The highest BCUT2D eigenvalue weighted by molar-refractivity contribution is 5.89. The molecule has 134 valence electrons. The van der Waals surface area contributed by atoms with Gasteiger partial charge in [-0.05, 0) is 26.8 Å². The van der Waals surface area contributed by atoms with E-state index in [9.17, 15) is 19.2 Å². The van der Waals surface area contributed by atoms with Crippen molar-refractivity contribution in [3.63, 3.8) is 0 Å². The summed E-state index contributed by atoms with van der Waals surface area (Å²) in [6.45, 7) is 7.15. The second kappa shape index (κ2) is 13.9. The van der Waals surface area contributed by atoms with E-state index in [1.54, 1.807) is 14.0 Å². The minimum atomic E-state index is -0.694. The Morgan fingerprint density at radius 2 is 1.52 bits per heavy atom. The van der Waals surface area contributed by atoms with Gasteiger partial charge in [-0.3, -0.25) is 19.2 Å². The molecule has 0 bridgehead atoms. The van der Waals surface area contributed by atoms with Gasteiger partial charge in [0.2, 0.25) is 11.8 Å². The normalized spacial score (nSPS) is 12.4. The van der Waals surface area contributed by atoms with Gasteiger partial charge >= 0.3 is 0 Å². The third kappa shape index (κ3) is 11.5. The second-order valence-corrected chi connectivity index (χ2v) is 4.94. The number of carbonyl (C=O) groups excluding carboxylic acids is 4. The van der Waals surface area contributed by atoms with Gasteiger partial charge < -0.3 is 16.4 Å². The number of nitrogens with one attached hydrogen (secondary N) is 2. The van der Waals surface area contributed by atoms with Crippen molar-refractivity contribution in [1.29, 1.82) is 0 Å². The molecule has 7 heteroatoms. The van der Waals surface area contributed by atoms with E-state index in [0.29, 0.717) is 6.42 Å². The summed E-state index contributed by atoms with van der Waals surface area (Å²) >= 11 is 0. The number of rotatable bonds is 11. The van der Waals surface area contributed by atoms with Crippen LogP contribution in [-0.2, 0) is 19.2 Å². The monoisotopic (exact) mass is 329 g/mol. The number of nitrogens with two attached hydrogens (primary N) is 1. The number of likely N-dealkylation sites (N-methyl/N-ethyl adjacent to an activating group) is 1. The molecule has 0 aliphatic carbocycles. The van der Waals surface area contributed by atoms with Crippen LogP contribution in [0.15, 0.2) is 0 Å². The molecular formula is C16H31N3O4. The minimum absolute atomic E-state index is 0.0415. The summed E-state index contributed by atoms with van der Waals surface area (Å²) in [5.74, 6) is -1.00. The molecule has 0 radical (unpaired) electrons. The van der Waals surface area contributed by atoms with Crippen LogP contribution in [0.3, 0.4) is 0 Å². The predicted octanol–water partition coefficient (Wildman–Crippen LogP) is 0.699. The summed E-state index contributed by atoms with van der Waals surface area (Å²) < 4.78 is 0. The molecule has 0 spiro atoms. The number of primary amides is 1. The van der Waals surface area contributed by atoms with Gasteiger partial charge in [-0.15, -0.1) is 0 Å². The Labute approximate surface area is 138 Å². The van der Waals surface area contributed by atoms with E-state index in [2.05, 4.69) is 10.6 Å².